The number of benzene rings is 3. The van der Waals surface area contributed by atoms with Gasteiger partial charge in [0, 0.05) is 12.2 Å². The summed E-state index contributed by atoms with van der Waals surface area (Å²) in [5.41, 5.74) is 2.09. The van der Waals surface area contributed by atoms with Crippen LogP contribution in [0.4, 0.5) is 10.1 Å². The van der Waals surface area contributed by atoms with Crippen LogP contribution in [0.1, 0.15) is 18.1 Å². The molecule has 1 heterocycles. The summed E-state index contributed by atoms with van der Waals surface area (Å²) in [4.78, 5) is 20.1. The van der Waals surface area contributed by atoms with Crippen molar-refractivity contribution in [3.05, 3.63) is 99.1 Å². The van der Waals surface area contributed by atoms with E-state index in [0.717, 1.165) is 11.3 Å². The summed E-state index contributed by atoms with van der Waals surface area (Å²) in [6, 6.07) is 21.6. The summed E-state index contributed by atoms with van der Waals surface area (Å²) in [6.45, 7) is 3.49. The van der Waals surface area contributed by atoms with Gasteiger partial charge in [-0.05, 0) is 76.6 Å². The van der Waals surface area contributed by atoms with Crippen LogP contribution in [0.3, 0.4) is 0 Å². The molecule has 1 aliphatic heterocycles. The molecule has 5 nitrogen and oxygen atoms in total. The van der Waals surface area contributed by atoms with Crippen molar-refractivity contribution in [1.29, 1.82) is 0 Å². The fraction of sp³-hybridized carbons (Fsp3) is 0.185. The molecule has 0 unspecified atom stereocenters. The minimum absolute atomic E-state index is 0.111. The molecule has 8 heteroatoms. The van der Waals surface area contributed by atoms with Gasteiger partial charge in [-0.2, -0.15) is 0 Å². The normalized spacial score (nSPS) is 15.9. The molecule has 0 saturated carbocycles. The zero-order valence-corrected chi connectivity index (χ0v) is 21.5. The van der Waals surface area contributed by atoms with Crippen LogP contribution in [0.2, 0.25) is 0 Å². The molecule has 0 bridgehead atoms. The zero-order chi connectivity index (χ0) is 24.6. The van der Waals surface area contributed by atoms with Crippen LogP contribution >= 0.6 is 27.7 Å². The minimum atomic E-state index is -0.302. The molecule has 4 rings (SSSR count). The molecule has 0 radical (unpaired) electrons. The highest BCUT2D eigenvalue weighted by atomic mass is 79.9. The van der Waals surface area contributed by atoms with Gasteiger partial charge in [-0.1, -0.05) is 42.5 Å². The quantitative estimate of drug-likeness (QED) is 0.215. The molecule has 0 aromatic heterocycles. The van der Waals surface area contributed by atoms with Crippen molar-refractivity contribution in [1.82, 2.24) is 4.90 Å². The molecule has 1 amide bonds. The number of amidine groups is 1. The highest BCUT2D eigenvalue weighted by molar-refractivity contribution is 9.10. The maximum Gasteiger partial charge on any atom is 0.266 e. The summed E-state index contributed by atoms with van der Waals surface area (Å²) < 4.78 is 25.8. The Morgan fingerprint density at radius 2 is 1.86 bits per heavy atom. The number of hydrogen-bond donors (Lipinski definition) is 0. The Bertz CT molecular complexity index is 1250. The van der Waals surface area contributed by atoms with Gasteiger partial charge in [0.05, 0.1) is 28.2 Å². The first-order valence-electron chi connectivity index (χ1n) is 11.1. The maximum absolute atomic E-state index is 13.9. The molecule has 0 N–H and O–H groups in total. The number of aliphatic imine (C=N–C) groups is 1. The summed E-state index contributed by atoms with van der Waals surface area (Å²) >= 11 is 4.86. The first kappa shape index (κ1) is 25.2. The van der Waals surface area contributed by atoms with E-state index in [2.05, 4.69) is 20.9 Å². The van der Waals surface area contributed by atoms with Crippen molar-refractivity contribution in [2.24, 2.45) is 4.99 Å². The summed E-state index contributed by atoms with van der Waals surface area (Å²) in [5, 5.41) is 0.621. The largest absolute Gasteiger partial charge is 0.488 e. The highest BCUT2D eigenvalue weighted by Gasteiger charge is 2.33. The Morgan fingerprint density at radius 3 is 2.60 bits per heavy atom. The first-order chi connectivity index (χ1) is 17.0. The van der Waals surface area contributed by atoms with E-state index in [0.29, 0.717) is 45.6 Å². The average molecular weight is 555 g/mol. The van der Waals surface area contributed by atoms with Crippen molar-refractivity contribution < 1.29 is 18.7 Å². The van der Waals surface area contributed by atoms with Crippen LogP contribution < -0.4 is 4.74 Å². The van der Waals surface area contributed by atoms with Gasteiger partial charge in [0.25, 0.3) is 5.91 Å². The lowest BCUT2D eigenvalue weighted by atomic mass is 10.2. The lowest BCUT2D eigenvalue weighted by Gasteiger charge is -2.15. The fourth-order valence-electron chi connectivity index (χ4n) is 3.35. The Kier molecular flexibility index (Phi) is 8.74. The molecule has 0 aliphatic carbocycles. The van der Waals surface area contributed by atoms with E-state index in [1.54, 1.807) is 29.2 Å². The van der Waals surface area contributed by atoms with E-state index in [4.69, 9.17) is 9.47 Å². The summed E-state index contributed by atoms with van der Waals surface area (Å²) in [7, 11) is 0. The Balaban J connectivity index is 1.52. The van der Waals surface area contributed by atoms with Gasteiger partial charge in [0.15, 0.2) is 5.17 Å². The lowest BCUT2D eigenvalue weighted by molar-refractivity contribution is -0.122. The standard InChI is InChI=1S/C27H24BrFN2O3S/c1-2-33-15-14-31-26(32)25(35-27(31)30-21-9-4-3-5-10-21)17-19-12-13-24(22(28)16-19)34-18-20-8-6-7-11-23(20)29/h3-13,16-17H,2,14-15,18H2,1H3/b25-17-,30-27?. The van der Waals surface area contributed by atoms with E-state index >= 15 is 0 Å². The van der Waals surface area contributed by atoms with Gasteiger partial charge < -0.3 is 9.47 Å². The maximum atomic E-state index is 13.9. The predicted octanol–water partition coefficient (Wildman–Crippen LogP) is 6.81. The third-order valence-electron chi connectivity index (χ3n) is 5.13. The van der Waals surface area contributed by atoms with E-state index in [-0.39, 0.29) is 18.3 Å². The smallest absolute Gasteiger partial charge is 0.266 e. The van der Waals surface area contributed by atoms with Crippen LogP contribution in [-0.4, -0.2) is 35.7 Å². The summed E-state index contributed by atoms with van der Waals surface area (Å²) in [5.74, 6) is 0.175. The van der Waals surface area contributed by atoms with Crippen molar-refractivity contribution in [3.8, 4) is 5.75 Å². The lowest BCUT2D eigenvalue weighted by Crippen LogP contribution is -2.32. The number of carbonyl (C=O) groups excluding carboxylic acids is 1. The fourth-order valence-corrected chi connectivity index (χ4v) is 4.88. The van der Waals surface area contributed by atoms with Gasteiger partial charge in [-0.15, -0.1) is 0 Å². The van der Waals surface area contributed by atoms with Crippen molar-refractivity contribution in [2.75, 3.05) is 19.8 Å². The topological polar surface area (TPSA) is 51.1 Å². The molecule has 0 spiro atoms. The van der Waals surface area contributed by atoms with Crippen LogP contribution in [0, 0.1) is 5.82 Å². The number of hydrogen-bond acceptors (Lipinski definition) is 5. The predicted molar refractivity (Wildman–Crippen MR) is 142 cm³/mol. The van der Waals surface area contributed by atoms with Crippen LogP contribution in [0.5, 0.6) is 5.75 Å². The molecule has 35 heavy (non-hydrogen) atoms. The number of rotatable bonds is 9. The van der Waals surface area contributed by atoms with E-state index in [1.165, 1.54) is 17.8 Å². The number of amides is 1. The number of para-hydroxylation sites is 1. The highest BCUT2D eigenvalue weighted by Crippen LogP contribution is 2.35. The first-order valence-corrected chi connectivity index (χ1v) is 12.7. The SMILES string of the molecule is CCOCCN1C(=O)/C(=C/c2ccc(OCc3ccccc3F)c(Br)c2)SC1=Nc1ccccc1. The number of ether oxygens (including phenoxy) is 2. The average Bonchev–Trinajstić information content (AvgIpc) is 3.14. The van der Waals surface area contributed by atoms with Crippen molar-refractivity contribution in [3.63, 3.8) is 0 Å². The number of halogens is 2. The Hall–Kier alpha value is -2.94. The molecular weight excluding hydrogens is 531 g/mol. The molecule has 1 saturated heterocycles. The Morgan fingerprint density at radius 1 is 1.09 bits per heavy atom. The van der Waals surface area contributed by atoms with Gasteiger partial charge in [0.1, 0.15) is 18.2 Å². The molecule has 180 valence electrons. The third kappa shape index (κ3) is 6.60. The molecule has 0 atom stereocenters. The van der Waals surface area contributed by atoms with Crippen LogP contribution in [0.15, 0.2) is 87.2 Å². The second-order valence-electron chi connectivity index (χ2n) is 7.56. The molecule has 1 fully saturated rings. The van der Waals surface area contributed by atoms with E-state index < -0.39 is 0 Å². The monoisotopic (exact) mass is 554 g/mol. The Labute approximate surface area is 216 Å². The van der Waals surface area contributed by atoms with E-state index in [1.807, 2.05) is 55.5 Å². The van der Waals surface area contributed by atoms with Gasteiger partial charge in [-0.25, -0.2) is 9.38 Å². The minimum Gasteiger partial charge on any atom is -0.488 e. The van der Waals surface area contributed by atoms with Gasteiger partial charge in [0.2, 0.25) is 0 Å². The molecular formula is C27H24BrFN2O3S. The van der Waals surface area contributed by atoms with Crippen molar-refractivity contribution >= 4 is 50.5 Å². The van der Waals surface area contributed by atoms with Crippen molar-refractivity contribution in [2.45, 2.75) is 13.5 Å². The number of thioether (sulfide) groups is 1. The second kappa shape index (κ2) is 12.2. The van der Waals surface area contributed by atoms with Crippen LogP contribution in [0.25, 0.3) is 6.08 Å². The second-order valence-corrected chi connectivity index (χ2v) is 9.43. The number of nitrogens with zero attached hydrogens (tertiary/aromatic N) is 2. The van der Waals surface area contributed by atoms with Crippen LogP contribution in [-0.2, 0) is 16.1 Å². The summed E-state index contributed by atoms with van der Waals surface area (Å²) in [6.07, 6.45) is 1.83. The molecule has 3 aromatic carbocycles. The zero-order valence-electron chi connectivity index (χ0n) is 19.1. The number of carbonyl (C=O) groups is 1. The van der Waals surface area contributed by atoms with Gasteiger partial charge in [-0.3, -0.25) is 9.69 Å². The third-order valence-corrected chi connectivity index (χ3v) is 6.75. The molecule has 3 aromatic rings. The van der Waals surface area contributed by atoms with E-state index in [9.17, 15) is 9.18 Å². The van der Waals surface area contributed by atoms with Gasteiger partial charge >= 0.3 is 0 Å². The molecule has 1 aliphatic rings.